The molecule has 1 aliphatic carbocycles. The topological polar surface area (TPSA) is 92.5 Å². The smallest absolute Gasteiger partial charge is 0.283 e. The Bertz CT molecular complexity index is 542. The van der Waals surface area contributed by atoms with Crippen molar-refractivity contribution >= 4 is 23.2 Å². The Hall–Kier alpha value is -1.66. The fraction of sp³-hybridized carbons (Fsp3) is 0.500. The Labute approximate surface area is 127 Å². The number of rotatable bonds is 4. The van der Waals surface area contributed by atoms with Crippen LogP contribution in [0.25, 0.3) is 0 Å². The van der Waals surface area contributed by atoms with Crippen LogP contribution in [0.3, 0.4) is 0 Å². The van der Waals surface area contributed by atoms with E-state index < -0.39 is 10.8 Å². The summed E-state index contributed by atoms with van der Waals surface area (Å²) in [7, 11) is 0. The summed E-state index contributed by atoms with van der Waals surface area (Å²) in [5, 5.41) is 23.2. The van der Waals surface area contributed by atoms with E-state index in [4.69, 9.17) is 11.6 Å². The molecule has 2 rings (SSSR count). The molecule has 0 aliphatic heterocycles. The molecule has 0 saturated heterocycles. The number of hydrogen-bond donors (Lipinski definition) is 2. The van der Waals surface area contributed by atoms with Gasteiger partial charge in [0.05, 0.1) is 16.0 Å². The zero-order valence-electron chi connectivity index (χ0n) is 11.4. The van der Waals surface area contributed by atoms with Crippen LogP contribution in [-0.2, 0) is 0 Å². The predicted molar refractivity (Wildman–Crippen MR) is 78.4 cm³/mol. The van der Waals surface area contributed by atoms with Crippen molar-refractivity contribution < 1.29 is 14.8 Å². The number of halogens is 1. The molecule has 0 radical (unpaired) electrons. The average molecular weight is 313 g/mol. The number of aliphatic hydroxyl groups is 1. The molecule has 0 atom stereocenters. The van der Waals surface area contributed by atoms with Gasteiger partial charge in [0.2, 0.25) is 0 Å². The first kappa shape index (κ1) is 15.7. The third-order valence-corrected chi connectivity index (χ3v) is 4.10. The molecule has 0 bridgehead atoms. The molecule has 1 aromatic carbocycles. The van der Waals surface area contributed by atoms with E-state index in [0.717, 1.165) is 25.7 Å². The van der Waals surface area contributed by atoms with Gasteiger partial charge in [0.15, 0.2) is 0 Å². The second-order valence-electron chi connectivity index (χ2n) is 5.28. The summed E-state index contributed by atoms with van der Waals surface area (Å²) in [6.45, 7) is 0.438. The molecule has 0 spiro atoms. The monoisotopic (exact) mass is 312 g/mol. The van der Waals surface area contributed by atoms with Gasteiger partial charge in [-0.25, -0.2) is 0 Å². The second kappa shape index (κ2) is 6.87. The number of carbonyl (C=O) groups excluding carboxylic acids is 1. The molecule has 7 heteroatoms. The maximum Gasteiger partial charge on any atom is 0.283 e. The van der Waals surface area contributed by atoms with Gasteiger partial charge < -0.3 is 10.4 Å². The molecule has 114 valence electrons. The number of nitrogens with one attached hydrogen (secondary N) is 1. The van der Waals surface area contributed by atoms with Crippen LogP contribution in [0.1, 0.15) is 36.0 Å². The number of aliphatic hydroxyl groups excluding tert-OH is 1. The van der Waals surface area contributed by atoms with Crippen molar-refractivity contribution in [3.63, 3.8) is 0 Å². The molecule has 0 heterocycles. The molecule has 6 nitrogen and oxygen atoms in total. The van der Waals surface area contributed by atoms with Crippen LogP contribution < -0.4 is 5.32 Å². The number of nitro benzene ring substituents is 1. The Morgan fingerprint density at radius 2 is 2.05 bits per heavy atom. The van der Waals surface area contributed by atoms with E-state index in [1.165, 1.54) is 18.2 Å². The van der Waals surface area contributed by atoms with E-state index >= 15 is 0 Å². The lowest BCUT2D eigenvalue weighted by atomic mass is 9.87. The summed E-state index contributed by atoms with van der Waals surface area (Å²) in [4.78, 5) is 22.5. The molecule has 1 amide bonds. The van der Waals surface area contributed by atoms with Gasteiger partial charge in [-0.1, -0.05) is 17.7 Å². The fourth-order valence-electron chi connectivity index (χ4n) is 2.56. The first-order valence-corrected chi connectivity index (χ1v) is 7.26. The Kier molecular flexibility index (Phi) is 5.14. The molecule has 1 fully saturated rings. The van der Waals surface area contributed by atoms with Crippen LogP contribution in [0.2, 0.25) is 5.02 Å². The van der Waals surface area contributed by atoms with Gasteiger partial charge in [-0.15, -0.1) is 0 Å². The van der Waals surface area contributed by atoms with Gasteiger partial charge in [0.25, 0.3) is 11.6 Å². The van der Waals surface area contributed by atoms with E-state index in [0.29, 0.717) is 12.5 Å². The summed E-state index contributed by atoms with van der Waals surface area (Å²) in [6, 6.07) is 4.16. The minimum Gasteiger partial charge on any atom is -0.393 e. The summed E-state index contributed by atoms with van der Waals surface area (Å²) in [6.07, 6.45) is 2.89. The van der Waals surface area contributed by atoms with Crippen molar-refractivity contribution in [3.05, 3.63) is 38.9 Å². The van der Waals surface area contributed by atoms with Crippen LogP contribution in [-0.4, -0.2) is 28.6 Å². The minimum absolute atomic E-state index is 0.0702. The van der Waals surface area contributed by atoms with Crippen LogP contribution in [0.5, 0.6) is 0 Å². The normalized spacial score (nSPS) is 21.8. The van der Waals surface area contributed by atoms with Crippen molar-refractivity contribution in [3.8, 4) is 0 Å². The maximum absolute atomic E-state index is 12.1. The van der Waals surface area contributed by atoms with Gasteiger partial charge in [0, 0.05) is 12.6 Å². The van der Waals surface area contributed by atoms with E-state index in [1.807, 2.05) is 0 Å². The lowest BCUT2D eigenvalue weighted by molar-refractivity contribution is -0.385. The molecule has 2 N–H and O–H groups in total. The van der Waals surface area contributed by atoms with Gasteiger partial charge >= 0.3 is 0 Å². The summed E-state index contributed by atoms with van der Waals surface area (Å²) < 4.78 is 0. The van der Waals surface area contributed by atoms with Crippen LogP contribution in [0.4, 0.5) is 5.69 Å². The van der Waals surface area contributed by atoms with E-state index in [9.17, 15) is 20.0 Å². The van der Waals surface area contributed by atoms with E-state index in [-0.39, 0.29) is 22.4 Å². The highest BCUT2D eigenvalue weighted by atomic mass is 35.5. The van der Waals surface area contributed by atoms with Crippen LogP contribution in [0.15, 0.2) is 18.2 Å². The number of benzene rings is 1. The van der Waals surface area contributed by atoms with Gasteiger partial charge in [0.1, 0.15) is 5.56 Å². The number of carbonyl (C=O) groups is 1. The van der Waals surface area contributed by atoms with E-state index in [2.05, 4.69) is 5.32 Å². The zero-order valence-corrected chi connectivity index (χ0v) is 12.2. The molecule has 1 saturated carbocycles. The summed E-state index contributed by atoms with van der Waals surface area (Å²) >= 11 is 5.91. The average Bonchev–Trinajstić information content (AvgIpc) is 2.46. The number of amides is 1. The fourth-order valence-corrected chi connectivity index (χ4v) is 2.82. The Morgan fingerprint density at radius 3 is 2.67 bits per heavy atom. The lowest BCUT2D eigenvalue weighted by Crippen LogP contribution is -2.32. The van der Waals surface area contributed by atoms with Gasteiger partial charge in [-0.05, 0) is 37.7 Å². The van der Waals surface area contributed by atoms with Crippen molar-refractivity contribution in [2.75, 3.05) is 6.54 Å². The third-order valence-electron chi connectivity index (χ3n) is 3.78. The first-order valence-electron chi connectivity index (χ1n) is 6.88. The van der Waals surface area contributed by atoms with Crippen molar-refractivity contribution in [1.29, 1.82) is 0 Å². The second-order valence-corrected chi connectivity index (χ2v) is 5.68. The Balaban J connectivity index is 2.02. The molecule has 21 heavy (non-hydrogen) atoms. The number of nitro groups is 1. The Morgan fingerprint density at radius 1 is 1.38 bits per heavy atom. The minimum atomic E-state index is -0.613. The number of nitrogens with zero attached hydrogens (tertiary/aromatic N) is 1. The van der Waals surface area contributed by atoms with Crippen LogP contribution in [0, 0.1) is 16.0 Å². The summed E-state index contributed by atoms with van der Waals surface area (Å²) in [5.41, 5.74) is -0.390. The molecule has 1 aliphatic rings. The molecule has 0 unspecified atom stereocenters. The highest BCUT2D eigenvalue weighted by molar-refractivity contribution is 6.34. The van der Waals surface area contributed by atoms with Crippen molar-refractivity contribution in [2.45, 2.75) is 31.8 Å². The molecule has 1 aromatic rings. The first-order chi connectivity index (χ1) is 9.99. The zero-order chi connectivity index (χ0) is 15.4. The van der Waals surface area contributed by atoms with Gasteiger partial charge in [-0.3, -0.25) is 14.9 Å². The van der Waals surface area contributed by atoms with E-state index in [1.54, 1.807) is 0 Å². The lowest BCUT2D eigenvalue weighted by Gasteiger charge is -2.25. The number of hydrogen-bond acceptors (Lipinski definition) is 4. The standard InChI is InChI=1S/C14H17ClN2O4/c15-11-2-1-3-12(17(20)21)13(11)14(19)16-8-9-4-6-10(18)7-5-9/h1-3,9-10,18H,4-8H2,(H,16,19). The largest absolute Gasteiger partial charge is 0.393 e. The highest BCUT2D eigenvalue weighted by Crippen LogP contribution is 2.27. The molecule has 0 aromatic heterocycles. The summed E-state index contributed by atoms with van der Waals surface area (Å²) in [5.74, 6) is -0.239. The van der Waals surface area contributed by atoms with Crippen molar-refractivity contribution in [1.82, 2.24) is 5.32 Å². The van der Waals surface area contributed by atoms with Gasteiger partial charge in [-0.2, -0.15) is 0 Å². The SMILES string of the molecule is O=C(NCC1CCC(O)CC1)c1c(Cl)cccc1[N+](=O)[O-]. The van der Waals surface area contributed by atoms with Crippen molar-refractivity contribution in [2.24, 2.45) is 5.92 Å². The molecular formula is C14H17ClN2O4. The quantitative estimate of drug-likeness (QED) is 0.660. The predicted octanol–water partition coefficient (Wildman–Crippen LogP) is 2.53. The van der Waals surface area contributed by atoms with Crippen LogP contribution >= 0.6 is 11.6 Å². The third kappa shape index (κ3) is 3.92. The molecular weight excluding hydrogens is 296 g/mol. The maximum atomic E-state index is 12.1. The highest BCUT2D eigenvalue weighted by Gasteiger charge is 2.25.